The van der Waals surface area contributed by atoms with E-state index < -0.39 is 11.9 Å². The molecule has 0 unspecified atom stereocenters. The van der Waals surface area contributed by atoms with E-state index >= 15 is 0 Å². The van der Waals surface area contributed by atoms with Gasteiger partial charge in [-0.15, -0.1) is 0 Å². The quantitative estimate of drug-likeness (QED) is 0.782. The SMILES string of the molecule is O=C(O)c1cc2ccoc2cc1C(=O)O. The molecule has 0 fully saturated rings. The van der Waals surface area contributed by atoms with Crippen LogP contribution in [0.3, 0.4) is 0 Å². The number of fused-ring (bicyclic) bond motifs is 1. The summed E-state index contributed by atoms with van der Waals surface area (Å²) >= 11 is 0. The lowest BCUT2D eigenvalue weighted by molar-refractivity contribution is 0.0652. The van der Waals surface area contributed by atoms with Crippen LogP contribution >= 0.6 is 0 Å². The van der Waals surface area contributed by atoms with Gasteiger partial charge in [0.2, 0.25) is 0 Å². The Morgan fingerprint density at radius 1 is 1.07 bits per heavy atom. The fourth-order valence-electron chi connectivity index (χ4n) is 1.36. The van der Waals surface area contributed by atoms with Crippen LogP contribution < -0.4 is 0 Å². The highest BCUT2D eigenvalue weighted by molar-refractivity contribution is 6.05. The number of rotatable bonds is 2. The summed E-state index contributed by atoms with van der Waals surface area (Å²) in [4.78, 5) is 21.6. The standard InChI is InChI=1S/C10H6O5/c11-9(12)6-3-5-1-2-15-8(5)4-7(6)10(13)14/h1-4H,(H,11,12)(H,13,14). The van der Waals surface area contributed by atoms with Crippen LogP contribution in [0.2, 0.25) is 0 Å². The monoisotopic (exact) mass is 206 g/mol. The molecule has 0 radical (unpaired) electrons. The van der Waals surface area contributed by atoms with E-state index in [1.165, 1.54) is 18.4 Å². The molecule has 15 heavy (non-hydrogen) atoms. The lowest BCUT2D eigenvalue weighted by Gasteiger charge is -2.00. The number of hydrogen-bond donors (Lipinski definition) is 2. The van der Waals surface area contributed by atoms with E-state index in [0.29, 0.717) is 11.0 Å². The zero-order valence-electron chi connectivity index (χ0n) is 7.43. The molecule has 1 aromatic carbocycles. The first-order valence-corrected chi connectivity index (χ1v) is 4.07. The molecular weight excluding hydrogens is 200 g/mol. The van der Waals surface area contributed by atoms with Crippen LogP contribution in [-0.2, 0) is 0 Å². The number of hydrogen-bond acceptors (Lipinski definition) is 3. The Kier molecular flexibility index (Phi) is 1.93. The molecule has 2 N–H and O–H groups in total. The predicted molar refractivity (Wildman–Crippen MR) is 50.1 cm³/mol. The van der Waals surface area contributed by atoms with Gasteiger partial charge >= 0.3 is 11.9 Å². The first kappa shape index (κ1) is 9.26. The number of benzene rings is 1. The van der Waals surface area contributed by atoms with Gasteiger partial charge in [-0.2, -0.15) is 0 Å². The van der Waals surface area contributed by atoms with Crippen LogP contribution in [0.5, 0.6) is 0 Å². The molecule has 2 aromatic rings. The normalized spacial score (nSPS) is 10.4. The summed E-state index contributed by atoms with van der Waals surface area (Å²) in [6.07, 6.45) is 1.38. The fourth-order valence-corrected chi connectivity index (χ4v) is 1.36. The average Bonchev–Trinajstić information content (AvgIpc) is 2.61. The van der Waals surface area contributed by atoms with Crippen molar-refractivity contribution < 1.29 is 24.2 Å². The van der Waals surface area contributed by atoms with Crippen molar-refractivity contribution in [3.05, 3.63) is 35.6 Å². The van der Waals surface area contributed by atoms with Crippen LogP contribution in [0.25, 0.3) is 11.0 Å². The summed E-state index contributed by atoms with van der Waals surface area (Å²) in [5.74, 6) is -2.55. The van der Waals surface area contributed by atoms with Gasteiger partial charge in [-0.1, -0.05) is 0 Å². The predicted octanol–water partition coefficient (Wildman–Crippen LogP) is 1.83. The molecule has 0 amide bonds. The smallest absolute Gasteiger partial charge is 0.336 e. The number of furan rings is 1. The third-order valence-corrected chi connectivity index (χ3v) is 2.05. The maximum absolute atomic E-state index is 10.8. The summed E-state index contributed by atoms with van der Waals surface area (Å²) in [5, 5.41) is 18.2. The maximum Gasteiger partial charge on any atom is 0.336 e. The van der Waals surface area contributed by atoms with Gasteiger partial charge in [0.1, 0.15) is 5.58 Å². The zero-order valence-corrected chi connectivity index (χ0v) is 7.43. The molecule has 0 spiro atoms. The molecule has 1 aromatic heterocycles. The second-order valence-corrected chi connectivity index (χ2v) is 2.97. The second-order valence-electron chi connectivity index (χ2n) is 2.97. The Morgan fingerprint density at radius 3 is 2.27 bits per heavy atom. The highest BCUT2D eigenvalue weighted by atomic mass is 16.4. The van der Waals surface area contributed by atoms with E-state index in [4.69, 9.17) is 14.6 Å². The Balaban J connectivity index is 2.79. The van der Waals surface area contributed by atoms with Crippen molar-refractivity contribution in [2.45, 2.75) is 0 Å². The van der Waals surface area contributed by atoms with Gasteiger partial charge in [-0.3, -0.25) is 0 Å². The summed E-state index contributed by atoms with van der Waals surface area (Å²) < 4.78 is 4.99. The first-order valence-electron chi connectivity index (χ1n) is 4.07. The fraction of sp³-hybridized carbons (Fsp3) is 0. The zero-order chi connectivity index (χ0) is 11.0. The van der Waals surface area contributed by atoms with E-state index in [0.717, 1.165) is 0 Å². The lowest BCUT2D eigenvalue weighted by atomic mass is 10.1. The number of carboxylic acid groups (broad SMARTS) is 2. The van der Waals surface area contributed by atoms with Crippen molar-refractivity contribution in [3.63, 3.8) is 0 Å². The van der Waals surface area contributed by atoms with Crippen molar-refractivity contribution in [2.24, 2.45) is 0 Å². The Bertz CT molecular complexity index is 504. The van der Waals surface area contributed by atoms with E-state index in [1.807, 2.05) is 0 Å². The largest absolute Gasteiger partial charge is 0.478 e. The van der Waals surface area contributed by atoms with Gasteiger partial charge in [0, 0.05) is 5.39 Å². The van der Waals surface area contributed by atoms with Crippen LogP contribution in [0.4, 0.5) is 0 Å². The molecule has 0 atom stereocenters. The first-order chi connectivity index (χ1) is 7.09. The van der Waals surface area contributed by atoms with Gasteiger partial charge in [-0.05, 0) is 18.2 Å². The number of aromatic carboxylic acids is 2. The molecule has 5 heteroatoms. The molecule has 76 valence electrons. The number of carboxylic acids is 2. The van der Waals surface area contributed by atoms with Crippen molar-refractivity contribution in [2.75, 3.05) is 0 Å². The molecule has 1 heterocycles. The van der Waals surface area contributed by atoms with Crippen LogP contribution in [0, 0.1) is 0 Å². The van der Waals surface area contributed by atoms with Gasteiger partial charge in [0.25, 0.3) is 0 Å². The average molecular weight is 206 g/mol. The van der Waals surface area contributed by atoms with Crippen molar-refractivity contribution >= 4 is 22.9 Å². The van der Waals surface area contributed by atoms with Crippen LogP contribution in [0.15, 0.2) is 28.9 Å². The van der Waals surface area contributed by atoms with E-state index in [1.54, 1.807) is 6.07 Å². The van der Waals surface area contributed by atoms with Gasteiger partial charge in [0.15, 0.2) is 0 Å². The maximum atomic E-state index is 10.8. The molecule has 2 rings (SSSR count). The summed E-state index contributed by atoms with van der Waals surface area (Å²) in [6, 6.07) is 4.07. The van der Waals surface area contributed by atoms with E-state index in [2.05, 4.69) is 0 Å². The minimum atomic E-state index is -1.29. The highest BCUT2D eigenvalue weighted by Crippen LogP contribution is 2.21. The van der Waals surface area contributed by atoms with Crippen LogP contribution in [0.1, 0.15) is 20.7 Å². The molecule has 0 saturated carbocycles. The van der Waals surface area contributed by atoms with Crippen molar-refractivity contribution in [3.8, 4) is 0 Å². The third kappa shape index (κ3) is 1.43. The minimum Gasteiger partial charge on any atom is -0.478 e. The Hall–Kier alpha value is -2.30. The van der Waals surface area contributed by atoms with Gasteiger partial charge < -0.3 is 14.6 Å². The van der Waals surface area contributed by atoms with Crippen LogP contribution in [-0.4, -0.2) is 22.2 Å². The molecular formula is C10H6O5. The summed E-state index contributed by atoms with van der Waals surface area (Å²) in [7, 11) is 0. The second kappa shape index (κ2) is 3.13. The van der Waals surface area contributed by atoms with Crippen molar-refractivity contribution in [1.29, 1.82) is 0 Å². The molecule has 0 bridgehead atoms. The lowest BCUT2D eigenvalue weighted by Crippen LogP contribution is -2.07. The van der Waals surface area contributed by atoms with Gasteiger partial charge in [-0.25, -0.2) is 9.59 Å². The molecule has 5 nitrogen and oxygen atoms in total. The molecule has 0 aliphatic heterocycles. The molecule has 0 aliphatic carbocycles. The summed E-state index contributed by atoms with van der Waals surface area (Å²) in [5.41, 5.74) is -0.154. The number of carbonyl (C=O) groups is 2. The Labute approximate surface area is 83.5 Å². The topological polar surface area (TPSA) is 87.7 Å². The van der Waals surface area contributed by atoms with E-state index in [9.17, 15) is 9.59 Å². The summed E-state index contributed by atoms with van der Waals surface area (Å²) in [6.45, 7) is 0. The van der Waals surface area contributed by atoms with Crippen molar-refractivity contribution in [1.82, 2.24) is 0 Å². The highest BCUT2D eigenvalue weighted by Gasteiger charge is 2.17. The molecule has 0 aliphatic rings. The van der Waals surface area contributed by atoms with E-state index in [-0.39, 0.29) is 11.1 Å². The third-order valence-electron chi connectivity index (χ3n) is 2.05. The van der Waals surface area contributed by atoms with Gasteiger partial charge in [0.05, 0.1) is 17.4 Å². The molecule has 0 saturated heterocycles. The Morgan fingerprint density at radius 2 is 1.67 bits per heavy atom. The minimum absolute atomic E-state index is 0.239.